The van der Waals surface area contributed by atoms with E-state index in [0.717, 1.165) is 13.1 Å². The zero-order valence-corrected chi connectivity index (χ0v) is 14.0. The van der Waals surface area contributed by atoms with Crippen molar-refractivity contribution in [3.63, 3.8) is 0 Å². The van der Waals surface area contributed by atoms with Gasteiger partial charge in [0, 0.05) is 25.2 Å². The third kappa shape index (κ3) is 4.53. The van der Waals surface area contributed by atoms with Gasteiger partial charge in [0.15, 0.2) is 0 Å². The number of hydrogen-bond acceptors (Lipinski definition) is 3. The van der Waals surface area contributed by atoms with Crippen molar-refractivity contribution in [1.29, 1.82) is 0 Å². The Morgan fingerprint density at radius 2 is 1.76 bits per heavy atom. The Morgan fingerprint density at radius 1 is 1.05 bits per heavy atom. The summed E-state index contributed by atoms with van der Waals surface area (Å²) >= 11 is 0. The van der Waals surface area contributed by atoms with Gasteiger partial charge in [-0.3, -0.25) is 0 Å². The van der Waals surface area contributed by atoms with Crippen LogP contribution in [0.15, 0.2) is 30.3 Å². The van der Waals surface area contributed by atoms with Crippen LogP contribution < -0.4 is 5.32 Å². The Labute approximate surface area is 130 Å². The van der Waals surface area contributed by atoms with Gasteiger partial charge < -0.3 is 15.1 Å². The molecule has 1 aliphatic carbocycles. The Bertz CT molecular complexity index is 404. The molecule has 1 N–H and O–H groups in total. The number of benzene rings is 1. The Balaban J connectivity index is 2.02. The maximum Gasteiger partial charge on any atom is 0.0252 e. The van der Waals surface area contributed by atoms with E-state index in [4.69, 9.17) is 0 Å². The zero-order chi connectivity index (χ0) is 15.2. The van der Waals surface area contributed by atoms with E-state index in [1.165, 1.54) is 24.8 Å². The highest BCUT2D eigenvalue weighted by Gasteiger charge is 2.32. The smallest absolute Gasteiger partial charge is 0.0252 e. The summed E-state index contributed by atoms with van der Waals surface area (Å²) in [6.07, 6.45) is 3.83. The van der Waals surface area contributed by atoms with E-state index in [2.05, 4.69) is 73.6 Å². The largest absolute Gasteiger partial charge is 0.315 e. The van der Waals surface area contributed by atoms with E-state index >= 15 is 0 Å². The van der Waals surface area contributed by atoms with Crippen LogP contribution in [0.3, 0.4) is 0 Å². The fourth-order valence-corrected chi connectivity index (χ4v) is 3.52. The Hall–Kier alpha value is -0.900. The number of likely N-dealkylation sites (N-methyl/N-ethyl adjacent to an activating group) is 3. The van der Waals surface area contributed by atoms with Gasteiger partial charge in [-0.25, -0.2) is 0 Å². The maximum atomic E-state index is 3.54. The molecule has 3 atom stereocenters. The first-order chi connectivity index (χ1) is 10.1. The van der Waals surface area contributed by atoms with Crippen molar-refractivity contribution in [3.05, 3.63) is 35.9 Å². The monoisotopic (exact) mass is 289 g/mol. The van der Waals surface area contributed by atoms with Gasteiger partial charge in [0.05, 0.1) is 0 Å². The summed E-state index contributed by atoms with van der Waals surface area (Å²) in [5, 5.41) is 3.54. The molecular formula is C18H31N3. The van der Waals surface area contributed by atoms with Gasteiger partial charge in [0.25, 0.3) is 0 Å². The molecule has 0 heterocycles. The summed E-state index contributed by atoms with van der Waals surface area (Å²) in [5.41, 5.74) is 1.51. The van der Waals surface area contributed by atoms with E-state index in [1.807, 2.05) is 0 Å². The molecule has 21 heavy (non-hydrogen) atoms. The maximum absolute atomic E-state index is 3.54. The van der Waals surface area contributed by atoms with Gasteiger partial charge in [-0.2, -0.15) is 0 Å². The van der Waals surface area contributed by atoms with Crippen LogP contribution in [0, 0.1) is 0 Å². The molecule has 1 aromatic carbocycles. The summed E-state index contributed by atoms with van der Waals surface area (Å²) in [6.45, 7) is 2.26. The van der Waals surface area contributed by atoms with Gasteiger partial charge in [-0.1, -0.05) is 30.3 Å². The molecule has 3 nitrogen and oxygen atoms in total. The summed E-state index contributed by atoms with van der Waals surface area (Å²) < 4.78 is 0. The zero-order valence-electron chi connectivity index (χ0n) is 14.0. The molecule has 0 spiro atoms. The normalized spacial score (nSPS) is 26.5. The van der Waals surface area contributed by atoms with Crippen molar-refractivity contribution >= 4 is 0 Å². The average Bonchev–Trinajstić information content (AvgIpc) is 2.52. The highest BCUT2D eigenvalue weighted by Crippen LogP contribution is 2.34. The second-order valence-electron chi connectivity index (χ2n) is 6.67. The summed E-state index contributed by atoms with van der Waals surface area (Å²) in [7, 11) is 8.69. The lowest BCUT2D eigenvalue weighted by atomic mass is 9.78. The van der Waals surface area contributed by atoms with E-state index < -0.39 is 0 Å². The van der Waals surface area contributed by atoms with Crippen LogP contribution in [0.5, 0.6) is 0 Å². The Morgan fingerprint density at radius 3 is 2.38 bits per heavy atom. The van der Waals surface area contributed by atoms with Crippen LogP contribution in [-0.2, 0) is 0 Å². The predicted molar refractivity (Wildman–Crippen MR) is 90.9 cm³/mol. The molecule has 3 unspecified atom stereocenters. The lowest BCUT2D eigenvalue weighted by molar-refractivity contribution is 0.134. The van der Waals surface area contributed by atoms with Crippen molar-refractivity contribution < 1.29 is 0 Å². The lowest BCUT2D eigenvalue weighted by Crippen LogP contribution is -2.51. The lowest BCUT2D eigenvalue weighted by Gasteiger charge is -2.41. The quantitative estimate of drug-likeness (QED) is 0.867. The second kappa shape index (κ2) is 7.92. The number of nitrogens with one attached hydrogen (secondary N) is 1. The van der Waals surface area contributed by atoms with Crippen LogP contribution in [0.1, 0.15) is 30.7 Å². The van der Waals surface area contributed by atoms with E-state index in [1.54, 1.807) is 0 Å². The van der Waals surface area contributed by atoms with Gasteiger partial charge >= 0.3 is 0 Å². The molecular weight excluding hydrogens is 258 g/mol. The minimum absolute atomic E-state index is 0.622. The summed E-state index contributed by atoms with van der Waals surface area (Å²) in [5.74, 6) is 0.711. The molecule has 1 aliphatic rings. The molecule has 0 radical (unpaired) electrons. The highest BCUT2D eigenvalue weighted by molar-refractivity contribution is 5.21. The summed E-state index contributed by atoms with van der Waals surface area (Å²) in [6, 6.07) is 12.3. The molecule has 118 valence electrons. The van der Waals surface area contributed by atoms with Crippen molar-refractivity contribution in [3.8, 4) is 0 Å². The fraction of sp³-hybridized carbons (Fsp3) is 0.667. The standard InChI is InChI=1S/C18H31N3/c1-19-17-11-10-16(15-8-6-5-7-9-15)14-18(17)21(4)13-12-20(2)3/h5-9,16-19H,10-14H2,1-4H3. The number of hydrogen-bond donors (Lipinski definition) is 1. The van der Waals surface area contributed by atoms with Crippen LogP contribution in [-0.4, -0.2) is 63.2 Å². The minimum atomic E-state index is 0.622. The van der Waals surface area contributed by atoms with E-state index in [-0.39, 0.29) is 0 Å². The molecule has 0 amide bonds. The van der Waals surface area contributed by atoms with E-state index in [0.29, 0.717) is 18.0 Å². The van der Waals surface area contributed by atoms with Crippen LogP contribution in [0.2, 0.25) is 0 Å². The first kappa shape index (κ1) is 16.5. The molecule has 0 aliphatic heterocycles. The molecule has 1 saturated carbocycles. The predicted octanol–water partition coefficient (Wildman–Crippen LogP) is 2.40. The van der Waals surface area contributed by atoms with E-state index in [9.17, 15) is 0 Å². The topological polar surface area (TPSA) is 18.5 Å². The number of nitrogens with zero attached hydrogens (tertiary/aromatic N) is 2. The average molecular weight is 289 g/mol. The van der Waals surface area contributed by atoms with Crippen molar-refractivity contribution in [2.75, 3.05) is 41.3 Å². The molecule has 0 saturated heterocycles. The van der Waals surface area contributed by atoms with Gasteiger partial charge in [-0.15, -0.1) is 0 Å². The van der Waals surface area contributed by atoms with Crippen LogP contribution >= 0.6 is 0 Å². The van der Waals surface area contributed by atoms with Crippen LogP contribution in [0.25, 0.3) is 0 Å². The Kier molecular flexibility index (Phi) is 6.22. The molecule has 2 rings (SSSR count). The highest BCUT2D eigenvalue weighted by atomic mass is 15.2. The first-order valence-electron chi connectivity index (χ1n) is 8.19. The van der Waals surface area contributed by atoms with Crippen molar-refractivity contribution in [2.45, 2.75) is 37.3 Å². The molecule has 0 aromatic heterocycles. The number of rotatable bonds is 6. The molecule has 1 fully saturated rings. The third-order valence-corrected chi connectivity index (χ3v) is 4.92. The minimum Gasteiger partial charge on any atom is -0.315 e. The van der Waals surface area contributed by atoms with Crippen molar-refractivity contribution in [2.24, 2.45) is 0 Å². The van der Waals surface area contributed by atoms with Gasteiger partial charge in [-0.05, 0) is 58.9 Å². The van der Waals surface area contributed by atoms with Gasteiger partial charge in [0.2, 0.25) is 0 Å². The first-order valence-corrected chi connectivity index (χ1v) is 8.19. The summed E-state index contributed by atoms with van der Waals surface area (Å²) in [4.78, 5) is 4.82. The van der Waals surface area contributed by atoms with Gasteiger partial charge in [0.1, 0.15) is 0 Å². The molecule has 1 aromatic rings. The third-order valence-electron chi connectivity index (χ3n) is 4.92. The fourth-order valence-electron chi connectivity index (χ4n) is 3.52. The van der Waals surface area contributed by atoms with Crippen molar-refractivity contribution in [1.82, 2.24) is 15.1 Å². The van der Waals surface area contributed by atoms with Crippen LogP contribution in [0.4, 0.5) is 0 Å². The molecule has 0 bridgehead atoms. The SMILES string of the molecule is CNC1CCC(c2ccccc2)CC1N(C)CCN(C)C. The molecule has 3 heteroatoms. The second-order valence-corrected chi connectivity index (χ2v) is 6.67.